The zero-order valence-corrected chi connectivity index (χ0v) is 14.3. The first-order chi connectivity index (χ1) is 12.7. The van der Waals surface area contributed by atoms with E-state index < -0.39 is 6.10 Å². The van der Waals surface area contributed by atoms with Crippen molar-refractivity contribution in [3.05, 3.63) is 66.0 Å². The average molecular weight is 353 g/mol. The summed E-state index contributed by atoms with van der Waals surface area (Å²) in [5, 5.41) is 3.95. The molecule has 1 atom stereocenters. The van der Waals surface area contributed by atoms with E-state index in [2.05, 4.69) is 22.2 Å². The van der Waals surface area contributed by atoms with Crippen LogP contribution < -0.4 is 4.90 Å². The largest absolute Gasteiger partial charge is 0.382 e. The summed E-state index contributed by atoms with van der Waals surface area (Å²) < 4.78 is 13.9. The molecule has 6 heteroatoms. The molecule has 26 heavy (non-hydrogen) atoms. The Bertz CT molecular complexity index is 817. The molecular weight excluding hydrogens is 333 g/mol. The van der Waals surface area contributed by atoms with Gasteiger partial charge in [-0.25, -0.2) is 4.39 Å². The lowest BCUT2D eigenvalue weighted by Crippen LogP contribution is -2.51. The lowest BCUT2D eigenvalue weighted by Gasteiger charge is -2.36. The van der Waals surface area contributed by atoms with Crippen LogP contribution >= 0.6 is 0 Å². The molecule has 0 bridgehead atoms. The van der Waals surface area contributed by atoms with Gasteiger partial charge in [-0.15, -0.1) is 0 Å². The summed E-state index contributed by atoms with van der Waals surface area (Å²) >= 11 is 0. The molecule has 2 heterocycles. The van der Waals surface area contributed by atoms with Crippen molar-refractivity contribution >= 4 is 17.3 Å². The summed E-state index contributed by atoms with van der Waals surface area (Å²) in [5.74, 6) is -0.424. The molecule has 0 N–H and O–H groups in total. The third kappa shape index (κ3) is 3.27. The molecule has 1 fully saturated rings. The number of oxime groups is 1. The Morgan fingerprint density at radius 3 is 2.42 bits per heavy atom. The number of halogens is 1. The van der Waals surface area contributed by atoms with Crippen LogP contribution in [0.1, 0.15) is 12.0 Å². The number of carbonyl (C=O) groups is 1. The van der Waals surface area contributed by atoms with Gasteiger partial charge in [0.1, 0.15) is 5.82 Å². The highest BCUT2D eigenvalue weighted by Gasteiger charge is 2.34. The second-order valence-corrected chi connectivity index (χ2v) is 6.46. The van der Waals surface area contributed by atoms with Gasteiger partial charge in [-0.2, -0.15) is 0 Å². The highest BCUT2D eigenvalue weighted by molar-refractivity contribution is 6.04. The maximum absolute atomic E-state index is 13.9. The van der Waals surface area contributed by atoms with Gasteiger partial charge in [-0.05, 0) is 18.2 Å². The quantitative estimate of drug-likeness (QED) is 0.852. The lowest BCUT2D eigenvalue weighted by molar-refractivity contribution is -0.142. The highest BCUT2D eigenvalue weighted by atomic mass is 19.1. The third-order valence-electron chi connectivity index (χ3n) is 4.84. The van der Waals surface area contributed by atoms with Crippen molar-refractivity contribution in [1.29, 1.82) is 0 Å². The molecule has 0 aromatic heterocycles. The second-order valence-electron chi connectivity index (χ2n) is 6.46. The highest BCUT2D eigenvalue weighted by Crippen LogP contribution is 2.22. The predicted molar refractivity (Wildman–Crippen MR) is 97.7 cm³/mol. The summed E-state index contributed by atoms with van der Waals surface area (Å²) in [6.07, 6.45) is -0.355. The molecule has 2 aliphatic rings. The molecule has 5 nitrogen and oxygen atoms in total. The van der Waals surface area contributed by atoms with E-state index >= 15 is 0 Å². The Balaban J connectivity index is 1.35. The van der Waals surface area contributed by atoms with Crippen molar-refractivity contribution in [2.75, 3.05) is 31.1 Å². The summed E-state index contributed by atoms with van der Waals surface area (Å²) in [5.41, 5.74) is 2.06. The minimum absolute atomic E-state index is 0.0761. The fourth-order valence-electron chi connectivity index (χ4n) is 3.39. The van der Waals surface area contributed by atoms with Crippen molar-refractivity contribution in [1.82, 2.24) is 4.90 Å². The van der Waals surface area contributed by atoms with Gasteiger partial charge in [-0.3, -0.25) is 4.79 Å². The number of para-hydroxylation sites is 1. The number of hydrogen-bond donors (Lipinski definition) is 0. The molecule has 134 valence electrons. The predicted octanol–water partition coefficient (Wildman–Crippen LogP) is 2.67. The number of carbonyl (C=O) groups excluding carboxylic acids is 1. The van der Waals surface area contributed by atoms with Gasteiger partial charge < -0.3 is 14.6 Å². The fourth-order valence-corrected chi connectivity index (χ4v) is 3.39. The average Bonchev–Trinajstić information content (AvgIpc) is 3.18. The molecule has 2 aromatic rings. The Morgan fingerprint density at radius 1 is 1.00 bits per heavy atom. The van der Waals surface area contributed by atoms with E-state index in [-0.39, 0.29) is 11.7 Å². The zero-order valence-electron chi connectivity index (χ0n) is 14.3. The van der Waals surface area contributed by atoms with E-state index in [1.54, 1.807) is 18.2 Å². The zero-order chi connectivity index (χ0) is 17.9. The van der Waals surface area contributed by atoms with Crippen LogP contribution in [0.25, 0.3) is 0 Å². The van der Waals surface area contributed by atoms with Gasteiger partial charge in [-0.1, -0.05) is 41.6 Å². The molecule has 0 radical (unpaired) electrons. The van der Waals surface area contributed by atoms with Crippen LogP contribution in [0, 0.1) is 5.82 Å². The monoisotopic (exact) mass is 353 g/mol. The van der Waals surface area contributed by atoms with Crippen molar-refractivity contribution < 1.29 is 14.0 Å². The number of nitrogens with zero attached hydrogens (tertiary/aromatic N) is 3. The number of piperazine rings is 1. The van der Waals surface area contributed by atoms with Crippen molar-refractivity contribution in [2.24, 2.45) is 5.16 Å². The van der Waals surface area contributed by atoms with E-state index in [9.17, 15) is 9.18 Å². The maximum atomic E-state index is 13.9. The third-order valence-corrected chi connectivity index (χ3v) is 4.84. The molecule has 1 amide bonds. The Kier molecular flexibility index (Phi) is 4.56. The number of rotatable bonds is 3. The molecule has 1 saturated heterocycles. The maximum Gasteiger partial charge on any atom is 0.267 e. The van der Waals surface area contributed by atoms with Crippen LogP contribution in [0.5, 0.6) is 0 Å². The first kappa shape index (κ1) is 16.6. The molecule has 0 aliphatic carbocycles. The van der Waals surface area contributed by atoms with Gasteiger partial charge in [0.25, 0.3) is 5.91 Å². The molecule has 0 saturated carbocycles. The van der Waals surface area contributed by atoms with Gasteiger partial charge >= 0.3 is 0 Å². The molecular formula is C20H20FN3O2. The summed E-state index contributed by atoms with van der Waals surface area (Å²) in [6.45, 7) is 2.85. The van der Waals surface area contributed by atoms with Crippen molar-refractivity contribution in [3.8, 4) is 0 Å². The Labute approximate surface area is 151 Å². The van der Waals surface area contributed by atoms with E-state index in [1.165, 1.54) is 11.8 Å². The van der Waals surface area contributed by atoms with Crippen LogP contribution in [0.3, 0.4) is 0 Å². The number of amides is 1. The van der Waals surface area contributed by atoms with Crippen molar-refractivity contribution in [2.45, 2.75) is 12.5 Å². The second kappa shape index (κ2) is 7.15. The number of hydrogen-bond acceptors (Lipinski definition) is 4. The summed E-state index contributed by atoms with van der Waals surface area (Å²) in [6, 6.07) is 16.6. The van der Waals surface area contributed by atoms with E-state index in [0.29, 0.717) is 30.8 Å². The first-order valence-electron chi connectivity index (χ1n) is 8.79. The van der Waals surface area contributed by atoms with Crippen molar-refractivity contribution in [3.63, 3.8) is 0 Å². The Hall–Kier alpha value is -2.89. The molecule has 4 rings (SSSR count). The van der Waals surface area contributed by atoms with Crippen LogP contribution in [-0.4, -0.2) is 48.8 Å². The van der Waals surface area contributed by atoms with Crippen LogP contribution in [0.2, 0.25) is 0 Å². The SMILES string of the molecule is O=C(C1CC(c2ccccc2F)=NO1)N1CCN(c2ccccc2)CC1. The van der Waals surface area contributed by atoms with E-state index in [4.69, 9.17) is 4.84 Å². The number of anilines is 1. The minimum atomic E-state index is -0.659. The van der Waals surface area contributed by atoms with E-state index in [1.807, 2.05) is 23.1 Å². The molecule has 1 unspecified atom stereocenters. The van der Waals surface area contributed by atoms with Gasteiger partial charge in [0.05, 0.1) is 5.71 Å². The van der Waals surface area contributed by atoms with Crippen LogP contribution in [0.4, 0.5) is 10.1 Å². The fraction of sp³-hybridized carbons (Fsp3) is 0.300. The molecule has 0 spiro atoms. The lowest BCUT2D eigenvalue weighted by atomic mass is 10.0. The minimum Gasteiger partial charge on any atom is -0.382 e. The van der Waals surface area contributed by atoms with Crippen LogP contribution in [-0.2, 0) is 9.63 Å². The first-order valence-corrected chi connectivity index (χ1v) is 8.79. The molecule has 2 aromatic carbocycles. The van der Waals surface area contributed by atoms with Crippen LogP contribution in [0.15, 0.2) is 59.8 Å². The number of benzene rings is 2. The molecule has 2 aliphatic heterocycles. The smallest absolute Gasteiger partial charge is 0.267 e. The standard InChI is InChI=1S/C20H20FN3O2/c21-17-9-5-4-8-16(17)18-14-19(26-22-18)20(25)24-12-10-23(11-13-24)15-6-2-1-3-7-15/h1-9,19H,10-14H2. The topological polar surface area (TPSA) is 45.1 Å². The Morgan fingerprint density at radius 2 is 1.69 bits per heavy atom. The van der Waals surface area contributed by atoms with Gasteiger partial charge in [0.2, 0.25) is 6.10 Å². The summed E-state index contributed by atoms with van der Waals surface area (Å²) in [4.78, 5) is 22.1. The van der Waals surface area contributed by atoms with Gasteiger partial charge in [0.15, 0.2) is 0 Å². The van der Waals surface area contributed by atoms with Gasteiger partial charge in [0, 0.05) is 43.9 Å². The normalized spacial score (nSPS) is 19.9. The summed E-state index contributed by atoms with van der Waals surface area (Å²) in [7, 11) is 0. The van der Waals surface area contributed by atoms with E-state index in [0.717, 1.165) is 13.1 Å².